The number of aromatic nitrogens is 2. The molecular weight excluding hydrogens is 291 g/mol. The van der Waals surface area contributed by atoms with Gasteiger partial charge in [-0.2, -0.15) is 5.10 Å². The molecule has 1 aromatic heterocycles. The van der Waals surface area contributed by atoms with Crippen LogP contribution in [0.5, 0.6) is 11.5 Å². The third-order valence-corrected chi connectivity index (χ3v) is 2.85. The molecule has 0 aliphatic heterocycles. The quantitative estimate of drug-likeness (QED) is 0.845. The van der Waals surface area contributed by atoms with Crippen molar-refractivity contribution in [2.24, 2.45) is 5.73 Å². The van der Waals surface area contributed by atoms with Gasteiger partial charge in [-0.1, -0.05) is 0 Å². The smallest absolute Gasteiger partial charge is 0.410 e. The van der Waals surface area contributed by atoms with Gasteiger partial charge in [-0.25, -0.2) is 9.18 Å². The topological polar surface area (TPSA) is 93.5 Å². The maximum Gasteiger partial charge on any atom is 0.410 e. The first kappa shape index (κ1) is 15.8. The molecule has 0 spiro atoms. The normalized spacial score (nSPS) is 10.7. The number of nitrogens with zero attached hydrogens (tertiary/aromatic N) is 2. The van der Waals surface area contributed by atoms with Gasteiger partial charge in [0.1, 0.15) is 12.4 Å². The van der Waals surface area contributed by atoms with E-state index in [0.717, 1.165) is 6.07 Å². The summed E-state index contributed by atoms with van der Waals surface area (Å²) < 4.78 is 24.5. The monoisotopic (exact) mass is 308 g/mol. The Morgan fingerprint density at radius 2 is 2.18 bits per heavy atom. The highest BCUT2D eigenvalue weighted by molar-refractivity contribution is 5.72. The molecule has 22 heavy (non-hydrogen) atoms. The van der Waals surface area contributed by atoms with Crippen molar-refractivity contribution < 1.29 is 18.7 Å². The minimum Gasteiger partial charge on any atom is -0.488 e. The largest absolute Gasteiger partial charge is 0.488 e. The van der Waals surface area contributed by atoms with Crippen LogP contribution >= 0.6 is 0 Å². The van der Waals surface area contributed by atoms with Gasteiger partial charge in [0.05, 0.1) is 6.20 Å². The molecule has 0 aliphatic carbocycles. The van der Waals surface area contributed by atoms with Gasteiger partial charge < -0.3 is 20.1 Å². The van der Waals surface area contributed by atoms with E-state index in [1.54, 1.807) is 6.20 Å². The van der Waals surface area contributed by atoms with Crippen molar-refractivity contribution in [3.8, 4) is 22.6 Å². The number of benzene rings is 1. The van der Waals surface area contributed by atoms with E-state index in [1.165, 1.54) is 12.3 Å². The summed E-state index contributed by atoms with van der Waals surface area (Å²) in [5.74, 6) is -0.396. The molecule has 1 heterocycles. The molecule has 0 saturated carbocycles. The van der Waals surface area contributed by atoms with Crippen LogP contribution in [0.3, 0.4) is 0 Å². The Hall–Kier alpha value is -2.61. The fourth-order valence-corrected chi connectivity index (χ4v) is 1.79. The van der Waals surface area contributed by atoms with Crippen molar-refractivity contribution in [1.29, 1.82) is 0 Å². The number of ether oxygens (including phenoxy) is 2. The predicted octanol–water partition coefficient (Wildman–Crippen LogP) is 1.61. The average Bonchev–Trinajstić information content (AvgIpc) is 2.93. The second kappa shape index (κ2) is 6.90. The number of primary amides is 1. The van der Waals surface area contributed by atoms with Gasteiger partial charge in [0.15, 0.2) is 11.5 Å². The van der Waals surface area contributed by atoms with Crippen LogP contribution in [0.2, 0.25) is 0 Å². The van der Waals surface area contributed by atoms with E-state index in [2.05, 4.69) is 10.2 Å². The summed E-state index contributed by atoms with van der Waals surface area (Å²) in [6, 6.07) is 2.52. The number of halogens is 1. The number of hydrogen-bond donors (Lipinski definition) is 2. The van der Waals surface area contributed by atoms with E-state index >= 15 is 0 Å². The Balaban J connectivity index is 2.32. The molecule has 118 valence electrons. The lowest BCUT2D eigenvalue weighted by molar-refractivity contribution is 0.205. The zero-order valence-electron chi connectivity index (χ0n) is 12.3. The summed E-state index contributed by atoms with van der Waals surface area (Å²) in [5, 5.41) is 6.39. The molecule has 0 fully saturated rings. The SMILES string of the molecule is CN(C)CCOc1cc(-c2cn[nH]c2)c(F)cc1OC(N)=O. The second-order valence-corrected chi connectivity index (χ2v) is 4.84. The number of carbonyl (C=O) groups excluding carboxylic acids is 1. The molecule has 0 atom stereocenters. The van der Waals surface area contributed by atoms with E-state index in [4.69, 9.17) is 15.2 Å². The second-order valence-electron chi connectivity index (χ2n) is 4.84. The highest BCUT2D eigenvalue weighted by Crippen LogP contribution is 2.35. The zero-order chi connectivity index (χ0) is 16.1. The molecule has 2 rings (SSSR count). The minimum absolute atomic E-state index is 0.0593. The van der Waals surface area contributed by atoms with Crippen molar-refractivity contribution in [3.63, 3.8) is 0 Å². The first-order valence-electron chi connectivity index (χ1n) is 6.55. The van der Waals surface area contributed by atoms with Crippen LogP contribution in [0.1, 0.15) is 0 Å². The Kier molecular flexibility index (Phi) is 4.95. The van der Waals surface area contributed by atoms with Gasteiger partial charge in [0.2, 0.25) is 0 Å². The van der Waals surface area contributed by atoms with Gasteiger partial charge in [0.25, 0.3) is 0 Å². The van der Waals surface area contributed by atoms with Crippen molar-refractivity contribution in [2.75, 3.05) is 27.2 Å². The van der Waals surface area contributed by atoms with Crippen LogP contribution in [0.25, 0.3) is 11.1 Å². The number of aromatic amines is 1. The molecule has 1 aromatic carbocycles. The first-order chi connectivity index (χ1) is 10.5. The highest BCUT2D eigenvalue weighted by Gasteiger charge is 2.16. The third-order valence-electron chi connectivity index (χ3n) is 2.85. The Morgan fingerprint density at radius 1 is 1.41 bits per heavy atom. The lowest BCUT2D eigenvalue weighted by Gasteiger charge is -2.15. The standard InChI is InChI=1S/C14H17FN4O3/c1-19(2)3-4-21-12-5-10(9-7-17-18-8-9)11(15)6-13(12)22-14(16)20/h5-8H,3-4H2,1-2H3,(H2,16,20)(H,17,18). The molecule has 0 saturated heterocycles. The molecule has 0 bridgehead atoms. The molecule has 2 aromatic rings. The minimum atomic E-state index is -1.03. The van der Waals surface area contributed by atoms with Gasteiger partial charge >= 0.3 is 6.09 Å². The average molecular weight is 308 g/mol. The number of amides is 1. The summed E-state index contributed by atoms with van der Waals surface area (Å²) >= 11 is 0. The molecule has 8 heteroatoms. The molecular formula is C14H17FN4O3. The maximum atomic E-state index is 14.2. The molecule has 0 unspecified atom stereocenters. The summed E-state index contributed by atoms with van der Waals surface area (Å²) in [4.78, 5) is 12.9. The predicted molar refractivity (Wildman–Crippen MR) is 78.2 cm³/mol. The molecule has 3 N–H and O–H groups in total. The van der Waals surface area contributed by atoms with E-state index in [1.807, 2.05) is 19.0 Å². The van der Waals surface area contributed by atoms with E-state index in [9.17, 15) is 9.18 Å². The molecule has 7 nitrogen and oxygen atoms in total. The highest BCUT2D eigenvalue weighted by atomic mass is 19.1. The third kappa shape index (κ3) is 3.95. The number of nitrogens with one attached hydrogen (secondary N) is 1. The lowest BCUT2D eigenvalue weighted by Crippen LogP contribution is -2.20. The summed E-state index contributed by atoms with van der Waals surface area (Å²) in [5.41, 5.74) is 5.83. The van der Waals surface area contributed by atoms with Crippen LogP contribution < -0.4 is 15.2 Å². The van der Waals surface area contributed by atoms with Gasteiger partial charge in [-0.3, -0.25) is 5.10 Å². The number of carbonyl (C=O) groups is 1. The fraction of sp³-hybridized carbons (Fsp3) is 0.286. The van der Waals surface area contributed by atoms with Gasteiger partial charge in [0, 0.05) is 29.9 Å². The van der Waals surface area contributed by atoms with Crippen molar-refractivity contribution in [2.45, 2.75) is 0 Å². The molecule has 1 amide bonds. The van der Waals surface area contributed by atoms with Gasteiger partial charge in [-0.05, 0) is 20.2 Å². The summed E-state index contributed by atoms with van der Waals surface area (Å²) in [6.07, 6.45) is 2.00. The van der Waals surface area contributed by atoms with Crippen LogP contribution in [-0.2, 0) is 0 Å². The number of hydrogen-bond acceptors (Lipinski definition) is 5. The van der Waals surface area contributed by atoms with Crippen LogP contribution in [0, 0.1) is 5.82 Å². The number of rotatable bonds is 6. The number of H-pyrrole nitrogens is 1. The zero-order valence-corrected chi connectivity index (χ0v) is 12.3. The van der Waals surface area contributed by atoms with E-state index < -0.39 is 11.9 Å². The van der Waals surface area contributed by atoms with Gasteiger partial charge in [-0.15, -0.1) is 0 Å². The van der Waals surface area contributed by atoms with Crippen molar-refractivity contribution in [1.82, 2.24) is 15.1 Å². The summed E-state index contributed by atoms with van der Waals surface area (Å²) in [6.45, 7) is 0.993. The van der Waals surface area contributed by atoms with E-state index in [-0.39, 0.29) is 17.1 Å². The Labute approximate surface area is 126 Å². The van der Waals surface area contributed by atoms with Crippen LogP contribution in [0.4, 0.5) is 9.18 Å². The fourth-order valence-electron chi connectivity index (χ4n) is 1.79. The van der Waals surface area contributed by atoms with Crippen molar-refractivity contribution in [3.05, 3.63) is 30.3 Å². The lowest BCUT2D eigenvalue weighted by atomic mass is 10.1. The van der Waals surface area contributed by atoms with Crippen LogP contribution in [-0.4, -0.2) is 48.4 Å². The van der Waals surface area contributed by atoms with E-state index in [0.29, 0.717) is 18.7 Å². The summed E-state index contributed by atoms with van der Waals surface area (Å²) in [7, 11) is 3.79. The number of nitrogens with two attached hydrogens (primary N) is 1. The Morgan fingerprint density at radius 3 is 2.77 bits per heavy atom. The Bertz CT molecular complexity index is 644. The maximum absolute atomic E-state index is 14.2. The van der Waals surface area contributed by atoms with Crippen molar-refractivity contribution >= 4 is 6.09 Å². The number of likely N-dealkylation sites (N-methyl/N-ethyl adjacent to an activating group) is 1. The molecule has 0 radical (unpaired) electrons. The van der Waals surface area contributed by atoms with Crippen LogP contribution in [0.15, 0.2) is 24.5 Å². The molecule has 0 aliphatic rings. The first-order valence-corrected chi connectivity index (χ1v) is 6.55.